The number of carbonyl (C=O) groups is 2. The fourth-order valence-corrected chi connectivity index (χ4v) is 3.59. The normalized spacial score (nSPS) is 33.2. The number of carboxylic acids is 1. The number of carbonyl (C=O) groups excluding carboxylic acids is 1. The summed E-state index contributed by atoms with van der Waals surface area (Å²) in [6.45, 7) is 8.79. The lowest BCUT2D eigenvalue weighted by Crippen LogP contribution is -2.51. The number of carboxylic acid groups (broad SMARTS) is 1. The van der Waals surface area contributed by atoms with Crippen LogP contribution in [0.15, 0.2) is 0 Å². The summed E-state index contributed by atoms with van der Waals surface area (Å²) in [6.07, 6.45) is 0.0289. The number of hydrogen-bond acceptors (Lipinski definition) is 3. The first-order valence-electron chi connectivity index (χ1n) is 6.95. The van der Waals surface area contributed by atoms with Crippen molar-refractivity contribution >= 4 is 11.9 Å². The number of hydrogen-bond donors (Lipinski definition) is 2. The molecule has 2 aliphatic rings. The third kappa shape index (κ3) is 2.24. The topological polar surface area (TPSA) is 83.6 Å². The van der Waals surface area contributed by atoms with Crippen LogP contribution in [0.5, 0.6) is 0 Å². The molecule has 0 aromatic heterocycles. The van der Waals surface area contributed by atoms with E-state index in [4.69, 9.17) is 10.8 Å². The minimum atomic E-state index is -0.843. The molecule has 0 bridgehead atoms. The first-order valence-corrected chi connectivity index (χ1v) is 6.95. The maximum Gasteiger partial charge on any atom is 0.305 e. The summed E-state index contributed by atoms with van der Waals surface area (Å²) in [4.78, 5) is 25.1. The molecule has 1 aliphatic heterocycles. The van der Waals surface area contributed by atoms with Gasteiger partial charge in [-0.05, 0) is 23.2 Å². The van der Waals surface area contributed by atoms with Gasteiger partial charge in [0.15, 0.2) is 0 Å². The van der Waals surface area contributed by atoms with Crippen LogP contribution in [0, 0.1) is 23.2 Å². The number of nitrogens with zero attached hydrogens (tertiary/aromatic N) is 1. The van der Waals surface area contributed by atoms with Gasteiger partial charge in [-0.2, -0.15) is 0 Å². The molecule has 0 radical (unpaired) electrons. The second-order valence-electron chi connectivity index (χ2n) is 6.88. The summed E-state index contributed by atoms with van der Waals surface area (Å²) in [6, 6.07) is -0.716. The van der Waals surface area contributed by atoms with E-state index >= 15 is 0 Å². The van der Waals surface area contributed by atoms with E-state index in [9.17, 15) is 9.59 Å². The van der Waals surface area contributed by atoms with Crippen molar-refractivity contribution in [3.05, 3.63) is 0 Å². The van der Waals surface area contributed by atoms with E-state index in [2.05, 4.69) is 13.8 Å². The van der Waals surface area contributed by atoms with Crippen molar-refractivity contribution in [1.29, 1.82) is 0 Å². The molecule has 0 aromatic rings. The van der Waals surface area contributed by atoms with Gasteiger partial charge in [0.25, 0.3) is 0 Å². The van der Waals surface area contributed by atoms with Gasteiger partial charge < -0.3 is 15.7 Å². The smallest absolute Gasteiger partial charge is 0.305 e. The van der Waals surface area contributed by atoms with Gasteiger partial charge in [-0.1, -0.05) is 27.7 Å². The SMILES string of the molecule is CC(C)[C@H](N)C(=O)N1C[C@H]2[C@@H]([C@H]1CC(=O)O)C2(C)C. The van der Waals surface area contributed by atoms with E-state index in [1.807, 2.05) is 13.8 Å². The zero-order valence-electron chi connectivity index (χ0n) is 12.1. The average Bonchev–Trinajstić information content (AvgIpc) is 2.66. The van der Waals surface area contributed by atoms with Crippen LogP contribution >= 0.6 is 0 Å². The monoisotopic (exact) mass is 268 g/mol. The maximum atomic E-state index is 12.4. The van der Waals surface area contributed by atoms with E-state index < -0.39 is 12.0 Å². The average molecular weight is 268 g/mol. The molecule has 1 saturated carbocycles. The van der Waals surface area contributed by atoms with Gasteiger partial charge in [-0.3, -0.25) is 9.59 Å². The fraction of sp³-hybridized carbons (Fsp3) is 0.857. The fourth-order valence-electron chi connectivity index (χ4n) is 3.59. The Morgan fingerprint density at radius 2 is 2.00 bits per heavy atom. The van der Waals surface area contributed by atoms with Gasteiger partial charge in [0, 0.05) is 12.6 Å². The number of rotatable bonds is 4. The predicted molar refractivity (Wildman–Crippen MR) is 71.3 cm³/mol. The molecule has 1 aliphatic carbocycles. The first kappa shape index (κ1) is 14.3. The van der Waals surface area contributed by atoms with Gasteiger partial charge >= 0.3 is 5.97 Å². The number of piperidine rings is 1. The molecule has 5 heteroatoms. The van der Waals surface area contributed by atoms with Crippen LogP contribution in [-0.4, -0.2) is 40.5 Å². The number of likely N-dealkylation sites (tertiary alicyclic amines) is 1. The highest BCUT2D eigenvalue weighted by Crippen LogP contribution is 2.65. The molecular weight excluding hydrogens is 244 g/mol. The molecule has 108 valence electrons. The second-order valence-corrected chi connectivity index (χ2v) is 6.88. The largest absolute Gasteiger partial charge is 0.481 e. The van der Waals surface area contributed by atoms with E-state index in [0.717, 1.165) is 0 Å². The Labute approximate surface area is 114 Å². The Morgan fingerprint density at radius 3 is 2.47 bits per heavy atom. The van der Waals surface area contributed by atoms with Crippen LogP contribution in [-0.2, 0) is 9.59 Å². The first-order chi connectivity index (χ1) is 8.67. The quantitative estimate of drug-likeness (QED) is 0.794. The van der Waals surface area contributed by atoms with Crippen molar-refractivity contribution < 1.29 is 14.7 Å². The molecule has 1 amide bonds. The highest BCUT2D eigenvalue weighted by molar-refractivity contribution is 5.83. The van der Waals surface area contributed by atoms with Crippen molar-refractivity contribution in [2.24, 2.45) is 28.9 Å². The Morgan fingerprint density at radius 1 is 1.42 bits per heavy atom. The molecule has 2 fully saturated rings. The lowest BCUT2D eigenvalue weighted by Gasteiger charge is -2.32. The molecule has 0 spiro atoms. The zero-order valence-corrected chi connectivity index (χ0v) is 12.1. The van der Waals surface area contributed by atoms with Crippen LogP contribution in [0.4, 0.5) is 0 Å². The van der Waals surface area contributed by atoms with Gasteiger partial charge in [0.1, 0.15) is 0 Å². The van der Waals surface area contributed by atoms with E-state index in [1.165, 1.54) is 0 Å². The zero-order chi connectivity index (χ0) is 14.5. The Kier molecular flexibility index (Phi) is 3.37. The Hall–Kier alpha value is -1.10. The van der Waals surface area contributed by atoms with Crippen molar-refractivity contribution in [1.82, 2.24) is 4.90 Å². The highest BCUT2D eigenvalue weighted by atomic mass is 16.4. The van der Waals surface area contributed by atoms with Crippen LogP contribution in [0.3, 0.4) is 0 Å². The van der Waals surface area contributed by atoms with Gasteiger partial charge in [-0.25, -0.2) is 0 Å². The minimum Gasteiger partial charge on any atom is -0.481 e. The van der Waals surface area contributed by atoms with E-state index in [-0.39, 0.29) is 29.7 Å². The number of nitrogens with two attached hydrogens (primary N) is 1. The van der Waals surface area contributed by atoms with Crippen molar-refractivity contribution in [2.75, 3.05) is 6.54 Å². The number of aliphatic carboxylic acids is 1. The molecule has 1 saturated heterocycles. The van der Waals surface area contributed by atoms with E-state index in [1.54, 1.807) is 4.90 Å². The summed E-state index contributed by atoms with van der Waals surface area (Å²) in [7, 11) is 0. The highest BCUT2D eigenvalue weighted by Gasteiger charge is 2.67. The molecular formula is C14H24N2O3. The molecule has 19 heavy (non-hydrogen) atoms. The van der Waals surface area contributed by atoms with Gasteiger partial charge in [0.2, 0.25) is 5.91 Å². The van der Waals surface area contributed by atoms with Gasteiger partial charge in [-0.15, -0.1) is 0 Å². The minimum absolute atomic E-state index is 0.0289. The van der Waals surface area contributed by atoms with Crippen LogP contribution in [0.2, 0.25) is 0 Å². The van der Waals surface area contributed by atoms with Crippen LogP contribution in [0.1, 0.15) is 34.1 Å². The van der Waals surface area contributed by atoms with Crippen molar-refractivity contribution in [2.45, 2.75) is 46.2 Å². The summed E-state index contributed by atoms with van der Waals surface area (Å²) < 4.78 is 0. The third-order valence-electron chi connectivity index (χ3n) is 5.02. The Bertz CT molecular complexity index is 405. The van der Waals surface area contributed by atoms with Crippen molar-refractivity contribution in [3.63, 3.8) is 0 Å². The third-order valence-corrected chi connectivity index (χ3v) is 5.02. The lowest BCUT2D eigenvalue weighted by molar-refractivity contribution is -0.141. The standard InChI is InChI=1S/C14H24N2O3/c1-7(2)12(15)13(19)16-6-8-11(14(8,3)4)9(16)5-10(17)18/h7-9,11-12H,5-6,15H2,1-4H3,(H,17,18)/t8-,9+,11-,12-/m0/s1. The Balaban J connectivity index is 2.13. The molecule has 0 aromatic carbocycles. The summed E-state index contributed by atoms with van der Waals surface area (Å²) in [5, 5.41) is 9.06. The maximum absolute atomic E-state index is 12.4. The van der Waals surface area contributed by atoms with Gasteiger partial charge in [0.05, 0.1) is 12.5 Å². The molecule has 1 heterocycles. The summed E-state index contributed by atoms with van der Waals surface area (Å²) in [5.41, 5.74) is 6.09. The predicted octanol–water partition coefficient (Wildman–Crippen LogP) is 0.927. The van der Waals surface area contributed by atoms with E-state index in [0.29, 0.717) is 18.4 Å². The molecule has 2 rings (SSSR count). The van der Waals surface area contributed by atoms with Crippen LogP contribution in [0.25, 0.3) is 0 Å². The molecule has 3 N–H and O–H groups in total. The lowest BCUT2D eigenvalue weighted by atomic mass is 9.97. The number of amides is 1. The van der Waals surface area contributed by atoms with Crippen molar-refractivity contribution in [3.8, 4) is 0 Å². The molecule has 4 atom stereocenters. The summed E-state index contributed by atoms with van der Waals surface area (Å²) >= 11 is 0. The molecule has 0 unspecified atom stereocenters. The summed E-state index contributed by atoms with van der Waals surface area (Å²) in [5.74, 6) is -0.122. The molecule has 5 nitrogen and oxygen atoms in total. The number of fused-ring (bicyclic) bond motifs is 1. The van der Waals surface area contributed by atoms with Crippen LogP contribution < -0.4 is 5.73 Å². The second kappa shape index (κ2) is 4.47.